The molecule has 0 unspecified atom stereocenters. The molecule has 0 bridgehead atoms. The molecule has 7 heteroatoms. The van der Waals surface area contributed by atoms with Gasteiger partial charge in [-0.05, 0) is 13.3 Å². The van der Waals surface area contributed by atoms with Gasteiger partial charge in [-0.15, -0.1) is 0 Å². The van der Waals surface area contributed by atoms with Crippen molar-refractivity contribution in [1.29, 1.82) is 0 Å². The summed E-state index contributed by atoms with van der Waals surface area (Å²) < 4.78 is 29.5. The molecule has 1 fully saturated rings. The van der Waals surface area contributed by atoms with Crippen LogP contribution in [-0.4, -0.2) is 36.4 Å². The lowest BCUT2D eigenvalue weighted by Gasteiger charge is -2.23. The number of sulfone groups is 1. The maximum Gasteiger partial charge on any atom is 0.220 e. The number of aryl methyl sites for hydroxylation is 1. The van der Waals surface area contributed by atoms with Crippen LogP contribution in [0.15, 0.2) is 65.1 Å². The van der Waals surface area contributed by atoms with Gasteiger partial charge in [-0.1, -0.05) is 60.7 Å². The predicted molar refractivity (Wildman–Crippen MR) is 116 cm³/mol. The summed E-state index contributed by atoms with van der Waals surface area (Å²) in [5.74, 6) is 1.05. The Bertz CT molecular complexity index is 1080. The fourth-order valence-corrected chi connectivity index (χ4v) is 5.87. The molecule has 1 aliphatic rings. The molecule has 30 heavy (non-hydrogen) atoms. The van der Waals surface area contributed by atoms with Crippen LogP contribution < -0.4 is 5.32 Å². The second kappa shape index (κ2) is 8.07. The van der Waals surface area contributed by atoms with E-state index in [1.165, 1.54) is 0 Å². The molecule has 1 aromatic heterocycles. The summed E-state index contributed by atoms with van der Waals surface area (Å²) in [6.45, 7) is 1.78. The topological polar surface area (TPSA) is 89.3 Å². The van der Waals surface area contributed by atoms with Crippen molar-refractivity contribution >= 4 is 15.7 Å². The molecule has 0 radical (unpaired) electrons. The van der Waals surface area contributed by atoms with Crippen LogP contribution in [0.3, 0.4) is 0 Å². The number of carbonyl (C=O) groups is 1. The lowest BCUT2D eigenvalue weighted by atomic mass is 10.0. The molecule has 1 N–H and O–H groups in total. The van der Waals surface area contributed by atoms with Crippen molar-refractivity contribution in [3.63, 3.8) is 0 Å². The fraction of sp³-hybridized carbons (Fsp3) is 0.304. The van der Waals surface area contributed by atoms with Gasteiger partial charge in [0.25, 0.3) is 0 Å². The molecule has 0 aliphatic carbocycles. The van der Waals surface area contributed by atoms with Gasteiger partial charge in [0.1, 0.15) is 5.69 Å². The lowest BCUT2D eigenvalue weighted by molar-refractivity contribution is -0.122. The Balaban J connectivity index is 1.51. The van der Waals surface area contributed by atoms with E-state index in [1.807, 2.05) is 60.7 Å². The first-order chi connectivity index (χ1) is 14.3. The number of amides is 1. The van der Waals surface area contributed by atoms with Gasteiger partial charge in [0.05, 0.1) is 17.0 Å². The molecule has 3 aromatic rings. The van der Waals surface area contributed by atoms with Crippen LogP contribution in [0.5, 0.6) is 0 Å². The van der Waals surface area contributed by atoms with E-state index in [9.17, 15) is 13.2 Å². The lowest BCUT2D eigenvalue weighted by Crippen LogP contribution is -2.47. The fourth-order valence-electron chi connectivity index (χ4n) is 3.78. The summed E-state index contributed by atoms with van der Waals surface area (Å²) in [4.78, 5) is 17.1. The van der Waals surface area contributed by atoms with Crippen molar-refractivity contribution in [2.45, 2.75) is 31.7 Å². The van der Waals surface area contributed by atoms with Gasteiger partial charge >= 0.3 is 0 Å². The number of hydrogen-bond acceptors (Lipinski definition) is 5. The number of nitrogens with one attached hydrogen (secondary N) is 1. The van der Waals surface area contributed by atoms with Crippen LogP contribution in [0.25, 0.3) is 22.6 Å². The summed E-state index contributed by atoms with van der Waals surface area (Å²) in [6, 6.07) is 19.5. The number of aromatic nitrogens is 1. The molecular weight excluding hydrogens is 400 g/mol. The minimum Gasteiger partial charge on any atom is -0.440 e. The third-order valence-corrected chi connectivity index (χ3v) is 7.17. The second-order valence-corrected chi connectivity index (χ2v) is 10.2. The Morgan fingerprint density at radius 3 is 2.30 bits per heavy atom. The molecule has 156 valence electrons. The van der Waals surface area contributed by atoms with Gasteiger partial charge in [0.2, 0.25) is 5.91 Å². The predicted octanol–water partition coefficient (Wildman–Crippen LogP) is 3.63. The van der Waals surface area contributed by atoms with E-state index in [0.29, 0.717) is 24.5 Å². The number of rotatable bonds is 6. The zero-order valence-electron chi connectivity index (χ0n) is 16.8. The Morgan fingerprint density at radius 1 is 1.07 bits per heavy atom. The number of benzene rings is 2. The van der Waals surface area contributed by atoms with Crippen molar-refractivity contribution in [2.75, 3.05) is 11.5 Å². The van der Waals surface area contributed by atoms with Crippen LogP contribution in [0.4, 0.5) is 0 Å². The van der Waals surface area contributed by atoms with Gasteiger partial charge in [-0.25, -0.2) is 13.4 Å². The molecule has 0 spiro atoms. The molecule has 1 atom stereocenters. The minimum atomic E-state index is -3.08. The molecule has 6 nitrogen and oxygen atoms in total. The van der Waals surface area contributed by atoms with Gasteiger partial charge in [-0.2, -0.15) is 0 Å². The zero-order valence-corrected chi connectivity index (χ0v) is 17.6. The van der Waals surface area contributed by atoms with Crippen LogP contribution in [0.2, 0.25) is 0 Å². The molecule has 2 heterocycles. The van der Waals surface area contributed by atoms with E-state index >= 15 is 0 Å². The highest BCUT2D eigenvalue weighted by atomic mass is 32.2. The van der Waals surface area contributed by atoms with E-state index in [-0.39, 0.29) is 23.8 Å². The number of carbonyl (C=O) groups excluding carboxylic acids is 1. The highest BCUT2D eigenvalue weighted by Crippen LogP contribution is 2.33. The van der Waals surface area contributed by atoms with Crippen molar-refractivity contribution in [2.24, 2.45) is 0 Å². The maximum absolute atomic E-state index is 12.4. The molecular formula is C23H24N2O4S. The molecule has 0 saturated carbocycles. The normalized spacial score (nSPS) is 20.2. The first-order valence-electron chi connectivity index (χ1n) is 9.96. The zero-order chi connectivity index (χ0) is 21.2. The van der Waals surface area contributed by atoms with E-state index in [4.69, 9.17) is 4.42 Å². The van der Waals surface area contributed by atoms with Crippen molar-refractivity contribution < 1.29 is 17.6 Å². The number of oxazole rings is 1. The average Bonchev–Trinajstić information content (AvgIpc) is 3.28. The minimum absolute atomic E-state index is 0.0128. The maximum atomic E-state index is 12.4. The highest BCUT2D eigenvalue weighted by molar-refractivity contribution is 7.91. The summed E-state index contributed by atoms with van der Waals surface area (Å²) in [5, 5.41) is 2.88. The Kier molecular flexibility index (Phi) is 5.47. The number of hydrogen-bond donors (Lipinski definition) is 1. The van der Waals surface area contributed by atoms with Crippen LogP contribution in [-0.2, 0) is 21.1 Å². The Hall–Kier alpha value is -2.93. The standard InChI is InChI=1S/C23H24N2O4S/c1-23(14-15-30(27,28)16-23)25-19(26)12-13-20-24-21(17-8-4-2-5-9-17)22(29-20)18-10-6-3-7-11-18/h2-11H,12-16H2,1H3,(H,25,26)/t23-/m1/s1. The first kappa shape index (κ1) is 20.3. The molecule has 2 aromatic carbocycles. The molecule has 4 rings (SSSR count). The van der Waals surface area contributed by atoms with Crippen LogP contribution >= 0.6 is 0 Å². The van der Waals surface area contributed by atoms with E-state index in [0.717, 1.165) is 16.8 Å². The van der Waals surface area contributed by atoms with Crippen LogP contribution in [0, 0.1) is 0 Å². The summed E-state index contributed by atoms with van der Waals surface area (Å²) in [7, 11) is -3.08. The molecule has 1 aliphatic heterocycles. The quantitative estimate of drug-likeness (QED) is 0.653. The van der Waals surface area contributed by atoms with Crippen molar-refractivity contribution in [1.82, 2.24) is 10.3 Å². The van der Waals surface area contributed by atoms with Crippen molar-refractivity contribution in [3.8, 4) is 22.6 Å². The Labute approximate surface area is 176 Å². The number of nitrogens with zero attached hydrogens (tertiary/aromatic N) is 1. The van der Waals surface area contributed by atoms with Crippen LogP contribution in [0.1, 0.15) is 25.7 Å². The summed E-state index contributed by atoms with van der Waals surface area (Å²) >= 11 is 0. The van der Waals surface area contributed by atoms with Gasteiger partial charge < -0.3 is 9.73 Å². The van der Waals surface area contributed by atoms with E-state index < -0.39 is 15.4 Å². The average molecular weight is 425 g/mol. The second-order valence-electron chi connectivity index (χ2n) is 7.97. The third-order valence-electron chi connectivity index (χ3n) is 5.27. The molecule has 1 saturated heterocycles. The molecule has 1 amide bonds. The van der Waals surface area contributed by atoms with Gasteiger partial charge in [0, 0.05) is 24.0 Å². The van der Waals surface area contributed by atoms with Gasteiger partial charge in [-0.3, -0.25) is 4.79 Å². The third kappa shape index (κ3) is 4.62. The Morgan fingerprint density at radius 2 is 1.70 bits per heavy atom. The van der Waals surface area contributed by atoms with E-state index in [2.05, 4.69) is 10.3 Å². The van der Waals surface area contributed by atoms with Gasteiger partial charge in [0.15, 0.2) is 21.5 Å². The van der Waals surface area contributed by atoms with E-state index in [1.54, 1.807) is 6.92 Å². The summed E-state index contributed by atoms with van der Waals surface area (Å²) in [6.07, 6.45) is 0.955. The largest absolute Gasteiger partial charge is 0.440 e. The summed E-state index contributed by atoms with van der Waals surface area (Å²) in [5.41, 5.74) is 1.91. The monoisotopic (exact) mass is 424 g/mol. The van der Waals surface area contributed by atoms with Crippen molar-refractivity contribution in [3.05, 3.63) is 66.6 Å². The first-order valence-corrected chi connectivity index (χ1v) is 11.8. The SMILES string of the molecule is C[C@@]1(NC(=O)CCc2nc(-c3ccccc3)c(-c3ccccc3)o2)CCS(=O)(=O)C1. The smallest absolute Gasteiger partial charge is 0.220 e. The highest BCUT2D eigenvalue weighted by Gasteiger charge is 2.39.